The second-order valence-corrected chi connectivity index (χ2v) is 6.46. The van der Waals surface area contributed by atoms with Crippen LogP contribution in [0.2, 0.25) is 0 Å². The van der Waals surface area contributed by atoms with Crippen molar-refractivity contribution in [2.24, 2.45) is 5.92 Å². The van der Waals surface area contributed by atoms with Gasteiger partial charge in [-0.1, -0.05) is 17.4 Å². The lowest BCUT2D eigenvalue weighted by Gasteiger charge is -2.32. The molecule has 3 nitrogen and oxygen atoms in total. The largest absolute Gasteiger partial charge is 0.470 e. The number of benzene rings is 1. The van der Waals surface area contributed by atoms with Gasteiger partial charge in [0.05, 0.1) is 6.61 Å². The first kappa shape index (κ1) is 15.4. The Morgan fingerprint density at radius 1 is 1.32 bits per heavy atom. The predicted octanol–water partition coefficient (Wildman–Crippen LogP) is 3.71. The molecule has 3 rings (SSSR count). The summed E-state index contributed by atoms with van der Waals surface area (Å²) in [6, 6.07) is 4.12. The third-order valence-electron chi connectivity index (χ3n) is 3.85. The van der Waals surface area contributed by atoms with E-state index in [0.717, 1.165) is 31.5 Å². The van der Waals surface area contributed by atoms with E-state index < -0.39 is 11.6 Å². The predicted molar refractivity (Wildman–Crippen MR) is 82.0 cm³/mol. The maximum Gasteiger partial charge on any atom is 0.273 e. The summed E-state index contributed by atoms with van der Waals surface area (Å²) in [4.78, 5) is 6.38. The monoisotopic (exact) mass is 324 g/mol. The van der Waals surface area contributed by atoms with Crippen molar-refractivity contribution in [1.29, 1.82) is 0 Å². The lowest BCUT2D eigenvalue weighted by atomic mass is 9.98. The highest BCUT2D eigenvalue weighted by molar-refractivity contribution is 7.11. The first-order valence-corrected chi connectivity index (χ1v) is 8.27. The fourth-order valence-electron chi connectivity index (χ4n) is 2.80. The fraction of sp³-hybridized carbons (Fsp3) is 0.438. The van der Waals surface area contributed by atoms with E-state index in [4.69, 9.17) is 4.74 Å². The average Bonchev–Trinajstić information content (AvgIpc) is 3.03. The van der Waals surface area contributed by atoms with Crippen LogP contribution in [0.5, 0.6) is 5.19 Å². The number of rotatable bonds is 5. The molecular formula is C16H18F2N2OS. The maximum atomic E-state index is 13.3. The number of thiazole rings is 1. The number of hydrogen-bond acceptors (Lipinski definition) is 4. The van der Waals surface area contributed by atoms with E-state index in [2.05, 4.69) is 9.88 Å². The summed E-state index contributed by atoms with van der Waals surface area (Å²) in [5, 5.41) is 2.60. The zero-order valence-corrected chi connectivity index (χ0v) is 13.0. The van der Waals surface area contributed by atoms with Crippen molar-refractivity contribution in [2.45, 2.75) is 19.4 Å². The molecule has 1 atom stereocenters. The van der Waals surface area contributed by atoms with Gasteiger partial charge in [-0.25, -0.2) is 13.8 Å². The van der Waals surface area contributed by atoms with Crippen LogP contribution in [-0.2, 0) is 6.54 Å². The van der Waals surface area contributed by atoms with Crippen LogP contribution in [0.1, 0.15) is 18.4 Å². The molecular weight excluding hydrogens is 306 g/mol. The summed E-state index contributed by atoms with van der Waals surface area (Å²) in [6.45, 7) is 3.18. The minimum absolute atomic E-state index is 0.447. The summed E-state index contributed by atoms with van der Waals surface area (Å²) < 4.78 is 31.9. The highest BCUT2D eigenvalue weighted by Crippen LogP contribution is 2.21. The summed E-state index contributed by atoms with van der Waals surface area (Å²) in [6.07, 6.45) is 3.95. The van der Waals surface area contributed by atoms with E-state index in [0.29, 0.717) is 24.3 Å². The molecule has 0 spiro atoms. The molecule has 1 unspecified atom stereocenters. The lowest BCUT2D eigenvalue weighted by Crippen LogP contribution is -2.37. The number of piperidine rings is 1. The quantitative estimate of drug-likeness (QED) is 0.838. The first-order valence-electron chi connectivity index (χ1n) is 7.39. The zero-order chi connectivity index (χ0) is 15.4. The third-order valence-corrected chi connectivity index (χ3v) is 4.53. The molecule has 2 aromatic rings. The molecule has 1 aliphatic heterocycles. The molecule has 0 radical (unpaired) electrons. The van der Waals surface area contributed by atoms with E-state index >= 15 is 0 Å². The van der Waals surface area contributed by atoms with E-state index in [1.54, 1.807) is 12.3 Å². The number of nitrogens with zero attached hydrogens (tertiary/aromatic N) is 2. The number of ether oxygens (including phenoxy) is 1. The van der Waals surface area contributed by atoms with Gasteiger partial charge in [-0.2, -0.15) is 0 Å². The molecule has 1 aliphatic rings. The Kier molecular flexibility index (Phi) is 5.00. The second kappa shape index (κ2) is 7.15. The smallest absolute Gasteiger partial charge is 0.273 e. The number of halogens is 2. The van der Waals surface area contributed by atoms with Gasteiger partial charge in [0.2, 0.25) is 0 Å². The molecule has 6 heteroatoms. The molecule has 0 bridgehead atoms. The van der Waals surface area contributed by atoms with Crippen molar-refractivity contribution < 1.29 is 13.5 Å². The van der Waals surface area contributed by atoms with Gasteiger partial charge in [0.15, 0.2) is 11.6 Å². The molecule has 22 heavy (non-hydrogen) atoms. The molecule has 118 valence electrons. The van der Waals surface area contributed by atoms with Gasteiger partial charge in [-0.3, -0.25) is 4.90 Å². The Balaban J connectivity index is 1.52. The van der Waals surface area contributed by atoms with Crippen LogP contribution in [0.4, 0.5) is 8.78 Å². The van der Waals surface area contributed by atoms with Crippen LogP contribution in [-0.4, -0.2) is 29.6 Å². The Labute approximate surface area is 132 Å². The molecule has 0 saturated carbocycles. The maximum absolute atomic E-state index is 13.3. The molecule has 2 heterocycles. The molecule has 1 aromatic heterocycles. The van der Waals surface area contributed by atoms with Gasteiger partial charge < -0.3 is 4.74 Å². The molecule has 1 aromatic carbocycles. The van der Waals surface area contributed by atoms with Gasteiger partial charge in [0.25, 0.3) is 5.19 Å². The van der Waals surface area contributed by atoms with Crippen molar-refractivity contribution in [3.8, 4) is 5.19 Å². The van der Waals surface area contributed by atoms with E-state index in [1.807, 2.05) is 5.38 Å². The van der Waals surface area contributed by atoms with Crippen molar-refractivity contribution >= 4 is 11.3 Å². The minimum atomic E-state index is -0.794. The van der Waals surface area contributed by atoms with Crippen molar-refractivity contribution in [3.63, 3.8) is 0 Å². The zero-order valence-electron chi connectivity index (χ0n) is 12.2. The summed E-state index contributed by atoms with van der Waals surface area (Å²) >= 11 is 1.49. The second-order valence-electron chi connectivity index (χ2n) is 5.60. The molecule has 0 amide bonds. The van der Waals surface area contributed by atoms with Crippen molar-refractivity contribution in [2.75, 3.05) is 19.7 Å². The Hall–Kier alpha value is -1.53. The van der Waals surface area contributed by atoms with Crippen LogP contribution in [0.25, 0.3) is 0 Å². The van der Waals surface area contributed by atoms with Gasteiger partial charge in [0, 0.05) is 30.6 Å². The van der Waals surface area contributed by atoms with Crippen molar-refractivity contribution in [1.82, 2.24) is 9.88 Å². The first-order chi connectivity index (χ1) is 10.7. The summed E-state index contributed by atoms with van der Waals surface area (Å²) in [5.41, 5.74) is 0.806. The third kappa shape index (κ3) is 4.01. The number of likely N-dealkylation sites (tertiary alicyclic amines) is 1. The highest BCUT2D eigenvalue weighted by Gasteiger charge is 2.21. The van der Waals surface area contributed by atoms with Crippen LogP contribution < -0.4 is 4.74 Å². The summed E-state index contributed by atoms with van der Waals surface area (Å²) in [7, 11) is 0. The molecule has 1 fully saturated rings. The summed E-state index contributed by atoms with van der Waals surface area (Å²) in [5.74, 6) is -1.13. The standard InChI is InChI=1S/C16H18F2N2OS/c17-14-4-3-12(8-15(14)18)9-20-6-1-2-13(10-20)11-21-16-19-5-7-22-16/h3-5,7-8,13H,1-2,6,9-11H2. The Morgan fingerprint density at radius 3 is 3.00 bits per heavy atom. The van der Waals surface area contributed by atoms with Crippen LogP contribution >= 0.6 is 11.3 Å². The van der Waals surface area contributed by atoms with Crippen LogP contribution in [0.3, 0.4) is 0 Å². The average molecular weight is 324 g/mol. The molecule has 1 saturated heterocycles. The Morgan fingerprint density at radius 2 is 2.23 bits per heavy atom. The SMILES string of the molecule is Fc1ccc(CN2CCCC(COc3nccs3)C2)cc1F. The Bertz CT molecular complexity index is 606. The van der Waals surface area contributed by atoms with Gasteiger partial charge >= 0.3 is 0 Å². The number of aromatic nitrogens is 1. The van der Waals surface area contributed by atoms with E-state index in [1.165, 1.54) is 23.5 Å². The topological polar surface area (TPSA) is 25.4 Å². The number of hydrogen-bond donors (Lipinski definition) is 0. The van der Waals surface area contributed by atoms with Crippen LogP contribution in [0.15, 0.2) is 29.8 Å². The highest BCUT2D eigenvalue weighted by atomic mass is 32.1. The van der Waals surface area contributed by atoms with Crippen LogP contribution in [0, 0.1) is 17.6 Å². The van der Waals surface area contributed by atoms with E-state index in [9.17, 15) is 8.78 Å². The lowest BCUT2D eigenvalue weighted by molar-refractivity contribution is 0.125. The molecule has 0 N–H and O–H groups in total. The van der Waals surface area contributed by atoms with E-state index in [-0.39, 0.29) is 0 Å². The fourth-order valence-corrected chi connectivity index (χ4v) is 3.29. The normalized spacial score (nSPS) is 19.3. The molecule has 0 aliphatic carbocycles. The van der Waals surface area contributed by atoms with Gasteiger partial charge in [-0.05, 0) is 37.1 Å². The van der Waals surface area contributed by atoms with Gasteiger partial charge in [-0.15, -0.1) is 0 Å². The van der Waals surface area contributed by atoms with Crippen molar-refractivity contribution in [3.05, 3.63) is 47.0 Å². The minimum Gasteiger partial charge on any atom is -0.470 e. The van der Waals surface area contributed by atoms with Gasteiger partial charge in [0.1, 0.15) is 0 Å².